The minimum Gasteiger partial charge on any atom is -0.249 e. The third kappa shape index (κ3) is 7.34. The topological polar surface area (TPSA) is 30.7 Å². The van der Waals surface area contributed by atoms with E-state index in [-0.39, 0.29) is 0 Å². The summed E-state index contributed by atoms with van der Waals surface area (Å²) in [6, 6.07) is 0. The van der Waals surface area contributed by atoms with Crippen LogP contribution >= 0.6 is 0 Å². The Kier molecular flexibility index (Phi) is 8.52. The van der Waals surface area contributed by atoms with E-state index < -0.39 is 0 Å². The second kappa shape index (κ2) is 9.99. The summed E-state index contributed by atoms with van der Waals surface area (Å²) in [5, 5.41) is 8.26. The van der Waals surface area contributed by atoms with Crippen LogP contribution in [0, 0.1) is 5.92 Å². The summed E-state index contributed by atoms with van der Waals surface area (Å²) in [6.07, 6.45) is 13.6. The first kappa shape index (κ1) is 16.2. The molecule has 0 saturated heterocycles. The quantitative estimate of drug-likeness (QED) is 0.547. The zero-order valence-corrected chi connectivity index (χ0v) is 13.1. The highest BCUT2D eigenvalue weighted by Crippen LogP contribution is 2.11. The number of hydrogen-bond donors (Lipinski definition) is 0. The lowest BCUT2D eigenvalue weighted by molar-refractivity contribution is 0.480. The largest absolute Gasteiger partial charge is 0.249 e. The third-order valence-electron chi connectivity index (χ3n) is 3.64. The Labute approximate surface area is 118 Å². The van der Waals surface area contributed by atoms with Gasteiger partial charge in [-0.3, -0.25) is 0 Å². The molecule has 0 bridgehead atoms. The Bertz CT molecular complexity index is 318. The molecular weight excluding hydrogens is 234 g/mol. The minimum absolute atomic E-state index is 0.848. The molecule has 0 saturated carbocycles. The normalized spacial score (nSPS) is 11.4. The van der Waals surface area contributed by atoms with Crippen molar-refractivity contribution in [3.63, 3.8) is 0 Å². The molecule has 1 aromatic heterocycles. The van der Waals surface area contributed by atoms with Gasteiger partial charge in [-0.05, 0) is 25.2 Å². The monoisotopic (exact) mass is 265 g/mol. The van der Waals surface area contributed by atoms with Crippen LogP contribution in [-0.4, -0.2) is 15.0 Å². The molecule has 0 amide bonds. The van der Waals surface area contributed by atoms with E-state index in [1.54, 1.807) is 0 Å². The van der Waals surface area contributed by atoms with Gasteiger partial charge in [0.05, 0.1) is 11.9 Å². The molecule has 0 aliphatic carbocycles. The zero-order chi connectivity index (χ0) is 13.9. The van der Waals surface area contributed by atoms with Gasteiger partial charge in [0.25, 0.3) is 0 Å². The maximum absolute atomic E-state index is 4.21. The van der Waals surface area contributed by atoms with Gasteiger partial charge >= 0.3 is 0 Å². The van der Waals surface area contributed by atoms with Crippen molar-refractivity contribution in [2.75, 3.05) is 0 Å². The lowest BCUT2D eigenvalue weighted by atomic mass is 10.0. The van der Waals surface area contributed by atoms with Crippen LogP contribution in [-0.2, 0) is 13.0 Å². The Morgan fingerprint density at radius 2 is 1.84 bits per heavy atom. The number of aryl methyl sites for hydroxylation is 2. The fourth-order valence-electron chi connectivity index (χ4n) is 2.38. The van der Waals surface area contributed by atoms with Gasteiger partial charge in [-0.2, -0.15) is 0 Å². The average molecular weight is 265 g/mol. The molecule has 0 radical (unpaired) electrons. The van der Waals surface area contributed by atoms with Gasteiger partial charge < -0.3 is 0 Å². The smallest absolute Gasteiger partial charge is 0.0725 e. The van der Waals surface area contributed by atoms with Crippen molar-refractivity contribution in [2.45, 2.75) is 85.1 Å². The summed E-state index contributed by atoms with van der Waals surface area (Å²) in [7, 11) is 0. The van der Waals surface area contributed by atoms with Crippen molar-refractivity contribution in [2.24, 2.45) is 5.92 Å². The minimum atomic E-state index is 0.848. The summed E-state index contributed by atoms with van der Waals surface area (Å²) in [5.41, 5.74) is 1.32. The molecule has 0 unspecified atom stereocenters. The van der Waals surface area contributed by atoms with Gasteiger partial charge in [-0.1, -0.05) is 64.5 Å². The van der Waals surface area contributed by atoms with Crippen molar-refractivity contribution < 1.29 is 0 Å². The van der Waals surface area contributed by atoms with Crippen molar-refractivity contribution in [3.8, 4) is 0 Å². The molecule has 1 aromatic rings. The predicted molar refractivity (Wildman–Crippen MR) is 81.2 cm³/mol. The Morgan fingerprint density at radius 3 is 2.58 bits per heavy atom. The highest BCUT2D eigenvalue weighted by molar-refractivity contribution is 4.93. The third-order valence-corrected chi connectivity index (χ3v) is 3.64. The molecule has 3 heteroatoms. The predicted octanol–water partition coefficient (Wildman–Crippen LogP) is 4.62. The van der Waals surface area contributed by atoms with Crippen LogP contribution in [0.1, 0.15) is 77.8 Å². The number of unbranched alkanes of at least 4 members (excludes halogenated alkanes) is 5. The van der Waals surface area contributed by atoms with Crippen molar-refractivity contribution >= 4 is 0 Å². The Balaban J connectivity index is 2.13. The Morgan fingerprint density at radius 1 is 1.05 bits per heavy atom. The molecule has 1 heterocycles. The first-order valence-corrected chi connectivity index (χ1v) is 8.11. The molecule has 0 aliphatic rings. The van der Waals surface area contributed by atoms with Crippen LogP contribution in [0.3, 0.4) is 0 Å². The molecule has 0 aromatic carbocycles. The maximum Gasteiger partial charge on any atom is 0.0725 e. The molecule has 0 atom stereocenters. The van der Waals surface area contributed by atoms with Gasteiger partial charge in [0.15, 0.2) is 0 Å². The first-order chi connectivity index (χ1) is 9.24. The van der Waals surface area contributed by atoms with Crippen molar-refractivity contribution in [3.05, 3.63) is 11.9 Å². The highest BCUT2D eigenvalue weighted by Gasteiger charge is 2.03. The average Bonchev–Trinajstić information content (AvgIpc) is 2.81. The number of aromatic nitrogens is 3. The van der Waals surface area contributed by atoms with Crippen LogP contribution < -0.4 is 0 Å². The molecule has 0 spiro atoms. The molecule has 1 rings (SSSR count). The molecule has 110 valence electrons. The molecule has 0 N–H and O–H groups in total. The Hall–Kier alpha value is -0.860. The summed E-state index contributed by atoms with van der Waals surface area (Å²) in [5.74, 6) is 0.848. The lowest BCUT2D eigenvalue weighted by Gasteiger charge is -2.07. The fraction of sp³-hybridized carbons (Fsp3) is 0.875. The summed E-state index contributed by atoms with van der Waals surface area (Å²) in [4.78, 5) is 0. The molecule has 0 fully saturated rings. The van der Waals surface area contributed by atoms with Gasteiger partial charge in [0.2, 0.25) is 0 Å². The SMILES string of the molecule is CCCCCc1cnnn1CCCCCCC(C)C. The first-order valence-electron chi connectivity index (χ1n) is 8.11. The summed E-state index contributed by atoms with van der Waals surface area (Å²) in [6.45, 7) is 7.89. The van der Waals surface area contributed by atoms with Crippen LogP contribution in [0.2, 0.25) is 0 Å². The van der Waals surface area contributed by atoms with Crippen molar-refractivity contribution in [1.82, 2.24) is 15.0 Å². The summed E-state index contributed by atoms with van der Waals surface area (Å²) >= 11 is 0. The van der Waals surface area contributed by atoms with E-state index in [1.807, 2.05) is 6.20 Å². The van der Waals surface area contributed by atoms with E-state index in [0.717, 1.165) is 18.9 Å². The number of rotatable bonds is 11. The van der Waals surface area contributed by atoms with Gasteiger partial charge in [-0.25, -0.2) is 4.68 Å². The van der Waals surface area contributed by atoms with Crippen LogP contribution in [0.4, 0.5) is 0 Å². The van der Waals surface area contributed by atoms with E-state index in [9.17, 15) is 0 Å². The molecular formula is C16H31N3. The fourth-order valence-corrected chi connectivity index (χ4v) is 2.38. The van der Waals surface area contributed by atoms with Crippen molar-refractivity contribution in [1.29, 1.82) is 0 Å². The van der Waals surface area contributed by atoms with Crippen LogP contribution in [0.5, 0.6) is 0 Å². The lowest BCUT2D eigenvalue weighted by Crippen LogP contribution is -2.05. The second-order valence-corrected chi connectivity index (χ2v) is 6.00. The van der Waals surface area contributed by atoms with Gasteiger partial charge in [0.1, 0.15) is 0 Å². The second-order valence-electron chi connectivity index (χ2n) is 6.00. The number of nitrogens with zero attached hydrogens (tertiary/aromatic N) is 3. The zero-order valence-electron chi connectivity index (χ0n) is 13.1. The van der Waals surface area contributed by atoms with E-state index >= 15 is 0 Å². The summed E-state index contributed by atoms with van der Waals surface area (Å²) < 4.78 is 2.11. The van der Waals surface area contributed by atoms with E-state index in [0.29, 0.717) is 0 Å². The van der Waals surface area contributed by atoms with Gasteiger partial charge in [-0.15, -0.1) is 5.10 Å². The standard InChI is InChI=1S/C16H31N3/c1-4-5-8-12-16-14-17-18-19(16)13-10-7-6-9-11-15(2)3/h14-15H,4-13H2,1-3H3. The van der Waals surface area contributed by atoms with E-state index in [1.165, 1.54) is 57.1 Å². The number of hydrogen-bond acceptors (Lipinski definition) is 2. The van der Waals surface area contributed by atoms with Crippen LogP contribution in [0.25, 0.3) is 0 Å². The molecule has 3 nitrogen and oxygen atoms in total. The highest BCUT2D eigenvalue weighted by atomic mass is 15.4. The van der Waals surface area contributed by atoms with Gasteiger partial charge in [0, 0.05) is 6.54 Å². The molecule has 19 heavy (non-hydrogen) atoms. The molecule has 0 aliphatic heterocycles. The van der Waals surface area contributed by atoms with E-state index in [4.69, 9.17) is 0 Å². The maximum atomic E-state index is 4.21. The van der Waals surface area contributed by atoms with Crippen LogP contribution in [0.15, 0.2) is 6.20 Å². The van der Waals surface area contributed by atoms with E-state index in [2.05, 4.69) is 35.8 Å².